The molecule has 1 N–H and O–H groups in total. The van der Waals surface area contributed by atoms with Gasteiger partial charge in [0.15, 0.2) is 11.5 Å². The van der Waals surface area contributed by atoms with E-state index in [1.54, 1.807) is 48.5 Å². The zero-order valence-corrected chi connectivity index (χ0v) is 20.3. The van der Waals surface area contributed by atoms with Crippen molar-refractivity contribution in [1.29, 1.82) is 0 Å². The molecule has 0 spiro atoms. The molecule has 0 aliphatic carbocycles. The normalized spacial score (nSPS) is 15.6. The highest BCUT2D eigenvalue weighted by Gasteiger charge is 2.24. The number of hydrogen-bond acceptors (Lipinski definition) is 7. The van der Waals surface area contributed by atoms with Gasteiger partial charge in [-0.1, -0.05) is 18.2 Å². The van der Waals surface area contributed by atoms with Gasteiger partial charge in [0.05, 0.1) is 30.6 Å². The minimum atomic E-state index is -0.251. The Morgan fingerprint density at radius 1 is 0.944 bits per heavy atom. The molecule has 5 rings (SSSR count). The molecule has 3 aromatic rings. The summed E-state index contributed by atoms with van der Waals surface area (Å²) in [5.41, 5.74) is 2.22. The lowest BCUT2D eigenvalue weighted by Crippen LogP contribution is -2.49. The van der Waals surface area contributed by atoms with Crippen molar-refractivity contribution < 1.29 is 23.5 Å². The average molecular weight is 491 g/mol. The number of amides is 2. The fourth-order valence-corrected chi connectivity index (χ4v) is 4.47. The number of carbonyl (C=O) groups excluding carboxylic acids is 2. The molecule has 2 aliphatic heterocycles. The largest absolute Gasteiger partial charge is 0.467 e. The van der Waals surface area contributed by atoms with E-state index in [0.29, 0.717) is 23.6 Å². The minimum absolute atomic E-state index is 0.0505. The summed E-state index contributed by atoms with van der Waals surface area (Å²) in [6.45, 7) is 5.04. The Balaban J connectivity index is 1.13. The predicted molar refractivity (Wildman–Crippen MR) is 134 cm³/mol. The molecule has 2 aromatic carbocycles. The number of benzene rings is 2. The molecule has 2 aliphatic rings. The maximum Gasteiger partial charge on any atom is 0.253 e. The van der Waals surface area contributed by atoms with Crippen LogP contribution in [-0.4, -0.2) is 68.2 Å². The van der Waals surface area contributed by atoms with Crippen LogP contribution in [0.25, 0.3) is 0 Å². The van der Waals surface area contributed by atoms with Crippen molar-refractivity contribution in [2.45, 2.75) is 13.1 Å². The van der Waals surface area contributed by atoms with Crippen LogP contribution in [0.5, 0.6) is 11.5 Å². The molecule has 1 saturated heterocycles. The van der Waals surface area contributed by atoms with Crippen LogP contribution in [0.3, 0.4) is 0 Å². The van der Waals surface area contributed by atoms with E-state index in [4.69, 9.17) is 13.9 Å². The molecule has 1 fully saturated rings. The zero-order valence-electron chi connectivity index (χ0n) is 20.3. The molecule has 0 bridgehead atoms. The Morgan fingerprint density at radius 3 is 2.53 bits per heavy atom. The second-order valence-electron chi connectivity index (χ2n) is 8.97. The third-order valence-electron chi connectivity index (χ3n) is 6.55. The maximum absolute atomic E-state index is 13.1. The molecule has 0 radical (unpaired) electrons. The third kappa shape index (κ3) is 5.53. The standard InChI is InChI=1S/C27H30N4O5/c1-29(23-7-3-2-6-22(23)27(33)28-16-21-5-4-14-34-21)26(32)18-31-12-10-30(11-13-31)17-20-8-9-24-25(15-20)36-19-35-24/h2-9,14-15H,10-13,16-19H2,1H3,(H,28,33). The Labute approximate surface area is 210 Å². The minimum Gasteiger partial charge on any atom is -0.467 e. The molecular weight excluding hydrogens is 460 g/mol. The van der Waals surface area contributed by atoms with Gasteiger partial charge < -0.3 is 24.1 Å². The first kappa shape index (κ1) is 23.9. The van der Waals surface area contributed by atoms with E-state index >= 15 is 0 Å². The van der Waals surface area contributed by atoms with E-state index in [0.717, 1.165) is 44.2 Å². The third-order valence-corrected chi connectivity index (χ3v) is 6.55. The molecule has 9 nitrogen and oxygen atoms in total. The second-order valence-corrected chi connectivity index (χ2v) is 8.97. The Kier molecular flexibility index (Phi) is 7.20. The lowest BCUT2D eigenvalue weighted by atomic mass is 10.1. The second kappa shape index (κ2) is 10.8. The molecular formula is C27H30N4O5. The van der Waals surface area contributed by atoms with Crippen LogP contribution in [0.15, 0.2) is 65.3 Å². The van der Waals surface area contributed by atoms with Crippen molar-refractivity contribution in [1.82, 2.24) is 15.1 Å². The van der Waals surface area contributed by atoms with E-state index in [1.807, 2.05) is 18.2 Å². The summed E-state index contributed by atoms with van der Waals surface area (Å²) in [4.78, 5) is 32.0. The quantitative estimate of drug-likeness (QED) is 0.520. The van der Waals surface area contributed by atoms with Crippen molar-refractivity contribution in [3.8, 4) is 11.5 Å². The lowest BCUT2D eigenvalue weighted by Gasteiger charge is -2.35. The number of hydrogen-bond donors (Lipinski definition) is 1. The smallest absolute Gasteiger partial charge is 0.253 e. The van der Waals surface area contributed by atoms with Gasteiger partial charge in [-0.15, -0.1) is 0 Å². The Morgan fingerprint density at radius 2 is 1.72 bits per heavy atom. The molecule has 1 aromatic heterocycles. The van der Waals surface area contributed by atoms with E-state index in [2.05, 4.69) is 21.2 Å². The highest BCUT2D eigenvalue weighted by Crippen LogP contribution is 2.32. The van der Waals surface area contributed by atoms with Crippen LogP contribution in [0.4, 0.5) is 5.69 Å². The SMILES string of the molecule is CN(C(=O)CN1CCN(Cc2ccc3c(c2)OCO3)CC1)c1ccccc1C(=O)NCc1ccco1. The van der Waals surface area contributed by atoms with Gasteiger partial charge in [0.1, 0.15) is 5.76 Å². The fourth-order valence-electron chi connectivity index (χ4n) is 4.47. The molecule has 0 atom stereocenters. The van der Waals surface area contributed by atoms with Gasteiger partial charge in [-0.05, 0) is 42.0 Å². The van der Waals surface area contributed by atoms with Gasteiger partial charge in [-0.2, -0.15) is 0 Å². The number of ether oxygens (including phenoxy) is 2. The highest BCUT2D eigenvalue weighted by molar-refractivity contribution is 6.05. The molecule has 2 amide bonds. The monoisotopic (exact) mass is 490 g/mol. The molecule has 3 heterocycles. The number of nitrogens with zero attached hydrogens (tertiary/aromatic N) is 3. The fraction of sp³-hybridized carbons (Fsp3) is 0.333. The number of furan rings is 1. The topological polar surface area (TPSA) is 87.5 Å². The van der Waals surface area contributed by atoms with Gasteiger partial charge >= 0.3 is 0 Å². The summed E-state index contributed by atoms with van der Waals surface area (Å²) >= 11 is 0. The number of carbonyl (C=O) groups is 2. The van der Waals surface area contributed by atoms with E-state index < -0.39 is 0 Å². The van der Waals surface area contributed by atoms with E-state index in [1.165, 1.54) is 5.56 Å². The van der Waals surface area contributed by atoms with Crippen LogP contribution >= 0.6 is 0 Å². The summed E-state index contributed by atoms with van der Waals surface area (Å²) in [5.74, 6) is 1.96. The average Bonchev–Trinajstić information content (AvgIpc) is 3.60. The summed E-state index contributed by atoms with van der Waals surface area (Å²) in [6.07, 6.45) is 1.57. The van der Waals surface area contributed by atoms with E-state index in [-0.39, 0.29) is 25.2 Å². The first-order valence-electron chi connectivity index (χ1n) is 12.1. The van der Waals surface area contributed by atoms with Crippen molar-refractivity contribution in [2.24, 2.45) is 0 Å². The summed E-state index contributed by atoms with van der Waals surface area (Å²) in [6, 6.07) is 16.8. The summed E-state index contributed by atoms with van der Waals surface area (Å²) in [5, 5.41) is 2.85. The molecule has 9 heteroatoms. The van der Waals surface area contributed by atoms with Gasteiger partial charge in [-0.25, -0.2) is 0 Å². The molecule has 36 heavy (non-hydrogen) atoms. The van der Waals surface area contributed by atoms with Crippen LogP contribution in [0.1, 0.15) is 21.7 Å². The van der Waals surface area contributed by atoms with Crippen molar-refractivity contribution in [2.75, 3.05) is 51.5 Å². The number of rotatable bonds is 8. The van der Waals surface area contributed by atoms with Gasteiger partial charge in [0.25, 0.3) is 5.91 Å². The van der Waals surface area contributed by atoms with Gasteiger partial charge in [0.2, 0.25) is 12.7 Å². The van der Waals surface area contributed by atoms with Crippen LogP contribution in [-0.2, 0) is 17.9 Å². The summed E-state index contributed by atoms with van der Waals surface area (Å²) < 4.78 is 16.1. The first-order chi connectivity index (χ1) is 17.6. The van der Waals surface area contributed by atoms with Crippen LogP contribution in [0.2, 0.25) is 0 Å². The van der Waals surface area contributed by atoms with E-state index in [9.17, 15) is 9.59 Å². The zero-order chi connectivity index (χ0) is 24.9. The van der Waals surface area contributed by atoms with Crippen molar-refractivity contribution >= 4 is 17.5 Å². The lowest BCUT2D eigenvalue weighted by molar-refractivity contribution is -0.119. The predicted octanol–water partition coefficient (Wildman–Crippen LogP) is 2.72. The summed E-state index contributed by atoms with van der Waals surface area (Å²) in [7, 11) is 1.72. The van der Waals surface area contributed by atoms with Gasteiger partial charge in [0, 0.05) is 39.8 Å². The number of fused-ring (bicyclic) bond motifs is 1. The number of likely N-dealkylation sites (N-methyl/N-ethyl adjacent to an activating group) is 1. The first-order valence-corrected chi connectivity index (χ1v) is 12.1. The Bertz CT molecular complexity index is 1200. The van der Waals surface area contributed by atoms with Gasteiger partial charge in [-0.3, -0.25) is 19.4 Å². The van der Waals surface area contributed by atoms with Crippen LogP contribution < -0.4 is 19.7 Å². The van der Waals surface area contributed by atoms with Crippen molar-refractivity contribution in [3.05, 3.63) is 77.7 Å². The Hall–Kier alpha value is -3.82. The van der Waals surface area contributed by atoms with Crippen LogP contribution in [0, 0.1) is 0 Å². The molecule has 188 valence electrons. The number of para-hydroxylation sites is 1. The van der Waals surface area contributed by atoms with Crippen molar-refractivity contribution in [3.63, 3.8) is 0 Å². The molecule has 0 unspecified atom stereocenters. The highest BCUT2D eigenvalue weighted by atomic mass is 16.7. The molecule has 0 saturated carbocycles. The number of piperazine rings is 1. The number of anilines is 1. The maximum atomic E-state index is 13.1. The number of nitrogens with one attached hydrogen (secondary N) is 1.